The third-order valence-electron chi connectivity index (χ3n) is 4.02. The molecule has 0 spiro atoms. The van der Waals surface area contributed by atoms with Gasteiger partial charge in [0.1, 0.15) is 29.6 Å². The Morgan fingerprint density at radius 3 is 2.48 bits per heavy atom. The number of aromatic nitrogens is 2. The summed E-state index contributed by atoms with van der Waals surface area (Å²) < 4.78 is 10.7. The molecule has 0 bridgehead atoms. The van der Waals surface area contributed by atoms with E-state index in [4.69, 9.17) is 9.47 Å². The molecular formula is C18H22N4O3. The van der Waals surface area contributed by atoms with Gasteiger partial charge in [0.2, 0.25) is 0 Å². The third kappa shape index (κ3) is 4.59. The summed E-state index contributed by atoms with van der Waals surface area (Å²) >= 11 is 0. The van der Waals surface area contributed by atoms with Crippen molar-refractivity contribution in [1.29, 1.82) is 0 Å². The van der Waals surface area contributed by atoms with E-state index in [2.05, 4.69) is 20.2 Å². The van der Waals surface area contributed by atoms with Crippen LogP contribution >= 0.6 is 0 Å². The quantitative estimate of drug-likeness (QED) is 0.775. The number of nitrogens with zero attached hydrogens (tertiary/aromatic N) is 3. The Balaban J connectivity index is 1.42. The van der Waals surface area contributed by atoms with Crippen LogP contribution in [0.4, 0.5) is 5.82 Å². The molecule has 1 N–H and O–H groups in total. The summed E-state index contributed by atoms with van der Waals surface area (Å²) in [6.07, 6.45) is 5.54. The van der Waals surface area contributed by atoms with Gasteiger partial charge in [0, 0.05) is 13.1 Å². The SMILES string of the molecule is COc1ccc(OCCNC(=O)c2cnc(N3CCCC3)cn2)cc1. The van der Waals surface area contributed by atoms with Gasteiger partial charge in [0.25, 0.3) is 5.91 Å². The zero-order valence-electron chi connectivity index (χ0n) is 14.3. The fraction of sp³-hybridized carbons (Fsp3) is 0.389. The van der Waals surface area contributed by atoms with Crippen molar-refractivity contribution in [3.05, 3.63) is 42.4 Å². The van der Waals surface area contributed by atoms with Gasteiger partial charge < -0.3 is 19.7 Å². The molecule has 3 rings (SSSR count). The first kappa shape index (κ1) is 17.0. The summed E-state index contributed by atoms with van der Waals surface area (Å²) in [6, 6.07) is 7.29. The molecule has 1 aromatic heterocycles. The van der Waals surface area contributed by atoms with Crippen LogP contribution in [0.5, 0.6) is 11.5 Å². The molecule has 7 heteroatoms. The van der Waals surface area contributed by atoms with Crippen molar-refractivity contribution < 1.29 is 14.3 Å². The average Bonchev–Trinajstić information content (AvgIpc) is 3.20. The summed E-state index contributed by atoms with van der Waals surface area (Å²) in [5.74, 6) is 2.08. The summed E-state index contributed by atoms with van der Waals surface area (Å²) in [5, 5.41) is 2.78. The zero-order valence-corrected chi connectivity index (χ0v) is 14.3. The van der Waals surface area contributed by atoms with Gasteiger partial charge in [-0.1, -0.05) is 0 Å². The van der Waals surface area contributed by atoms with Crippen LogP contribution in [0.15, 0.2) is 36.7 Å². The predicted molar refractivity (Wildman–Crippen MR) is 94.3 cm³/mol. The molecular weight excluding hydrogens is 320 g/mol. The molecule has 0 aliphatic carbocycles. The maximum absolute atomic E-state index is 12.1. The smallest absolute Gasteiger partial charge is 0.271 e. The molecule has 7 nitrogen and oxygen atoms in total. The lowest BCUT2D eigenvalue weighted by Crippen LogP contribution is -2.29. The molecule has 1 fully saturated rings. The summed E-state index contributed by atoms with van der Waals surface area (Å²) in [4.78, 5) is 22.8. The highest BCUT2D eigenvalue weighted by Gasteiger charge is 2.15. The number of hydrogen-bond donors (Lipinski definition) is 1. The van der Waals surface area contributed by atoms with E-state index in [0.29, 0.717) is 18.8 Å². The number of benzene rings is 1. The monoisotopic (exact) mass is 342 g/mol. The fourth-order valence-corrected chi connectivity index (χ4v) is 2.64. The van der Waals surface area contributed by atoms with Crippen LogP contribution in [-0.2, 0) is 0 Å². The molecule has 0 atom stereocenters. The largest absolute Gasteiger partial charge is 0.497 e. The Morgan fingerprint density at radius 2 is 1.84 bits per heavy atom. The number of methoxy groups -OCH3 is 1. The number of ether oxygens (including phenoxy) is 2. The molecule has 1 aliphatic heterocycles. The van der Waals surface area contributed by atoms with Crippen LogP contribution in [0.1, 0.15) is 23.3 Å². The van der Waals surface area contributed by atoms with E-state index in [-0.39, 0.29) is 5.91 Å². The molecule has 1 saturated heterocycles. The predicted octanol–water partition coefficient (Wildman–Crippen LogP) is 1.89. The van der Waals surface area contributed by atoms with Gasteiger partial charge >= 0.3 is 0 Å². The molecule has 1 aliphatic rings. The van der Waals surface area contributed by atoms with Crippen molar-refractivity contribution in [1.82, 2.24) is 15.3 Å². The second-order valence-corrected chi connectivity index (χ2v) is 5.73. The Morgan fingerprint density at radius 1 is 1.12 bits per heavy atom. The highest BCUT2D eigenvalue weighted by Crippen LogP contribution is 2.17. The molecule has 25 heavy (non-hydrogen) atoms. The first-order valence-corrected chi connectivity index (χ1v) is 8.38. The molecule has 132 valence electrons. The Bertz CT molecular complexity index is 682. The molecule has 0 unspecified atom stereocenters. The van der Waals surface area contributed by atoms with Crippen LogP contribution < -0.4 is 19.7 Å². The number of anilines is 1. The number of rotatable bonds is 7. The Labute approximate surface area is 147 Å². The number of hydrogen-bond acceptors (Lipinski definition) is 6. The average molecular weight is 342 g/mol. The minimum atomic E-state index is -0.251. The molecule has 1 amide bonds. The van der Waals surface area contributed by atoms with E-state index in [9.17, 15) is 4.79 Å². The van der Waals surface area contributed by atoms with E-state index in [1.807, 2.05) is 24.3 Å². The number of amides is 1. The molecule has 2 aromatic rings. The van der Waals surface area contributed by atoms with Gasteiger partial charge in [-0.2, -0.15) is 0 Å². The highest BCUT2D eigenvalue weighted by atomic mass is 16.5. The van der Waals surface area contributed by atoms with Crippen molar-refractivity contribution in [3.8, 4) is 11.5 Å². The van der Waals surface area contributed by atoms with Crippen LogP contribution in [0.25, 0.3) is 0 Å². The van der Waals surface area contributed by atoms with E-state index < -0.39 is 0 Å². The molecule has 1 aromatic carbocycles. The maximum atomic E-state index is 12.1. The fourth-order valence-electron chi connectivity index (χ4n) is 2.64. The van der Waals surface area contributed by atoms with Gasteiger partial charge in [-0.15, -0.1) is 0 Å². The minimum Gasteiger partial charge on any atom is -0.497 e. The second kappa shape index (κ2) is 8.32. The topological polar surface area (TPSA) is 76.6 Å². The van der Waals surface area contributed by atoms with Crippen molar-refractivity contribution in [2.45, 2.75) is 12.8 Å². The summed E-state index contributed by atoms with van der Waals surface area (Å²) in [7, 11) is 1.62. The molecule has 0 saturated carbocycles. The van der Waals surface area contributed by atoms with Crippen molar-refractivity contribution in [2.75, 3.05) is 38.3 Å². The summed E-state index contributed by atoms with van der Waals surface area (Å²) in [5.41, 5.74) is 0.312. The minimum absolute atomic E-state index is 0.251. The Hall–Kier alpha value is -2.83. The standard InChI is InChI=1S/C18H22N4O3/c1-24-14-4-6-15(7-5-14)25-11-8-19-18(23)16-12-21-17(13-20-16)22-9-2-3-10-22/h4-7,12-13H,2-3,8-11H2,1H3,(H,19,23). The van der Waals surface area contributed by atoms with Gasteiger partial charge in [-0.05, 0) is 37.1 Å². The first-order valence-electron chi connectivity index (χ1n) is 8.38. The normalized spacial score (nSPS) is 13.6. The van der Waals surface area contributed by atoms with Crippen molar-refractivity contribution in [2.24, 2.45) is 0 Å². The van der Waals surface area contributed by atoms with E-state index >= 15 is 0 Å². The summed E-state index contributed by atoms with van der Waals surface area (Å²) in [6.45, 7) is 2.77. The van der Waals surface area contributed by atoms with Crippen molar-refractivity contribution >= 4 is 11.7 Å². The van der Waals surface area contributed by atoms with Crippen LogP contribution in [0.2, 0.25) is 0 Å². The van der Waals surface area contributed by atoms with E-state index in [0.717, 1.165) is 30.4 Å². The number of carbonyl (C=O) groups is 1. The van der Waals surface area contributed by atoms with Gasteiger partial charge in [0.05, 0.1) is 26.0 Å². The van der Waals surface area contributed by atoms with Gasteiger partial charge in [0.15, 0.2) is 0 Å². The van der Waals surface area contributed by atoms with Crippen LogP contribution in [-0.4, -0.2) is 49.2 Å². The van der Waals surface area contributed by atoms with Gasteiger partial charge in [-0.3, -0.25) is 4.79 Å². The number of carbonyl (C=O) groups excluding carboxylic acids is 1. The molecule has 2 heterocycles. The highest BCUT2D eigenvalue weighted by molar-refractivity contribution is 5.91. The second-order valence-electron chi connectivity index (χ2n) is 5.73. The van der Waals surface area contributed by atoms with Crippen LogP contribution in [0, 0.1) is 0 Å². The maximum Gasteiger partial charge on any atom is 0.271 e. The third-order valence-corrected chi connectivity index (χ3v) is 4.02. The van der Waals surface area contributed by atoms with Crippen molar-refractivity contribution in [3.63, 3.8) is 0 Å². The zero-order chi connectivity index (χ0) is 17.5. The van der Waals surface area contributed by atoms with E-state index in [1.54, 1.807) is 13.3 Å². The first-order chi connectivity index (χ1) is 12.3. The lowest BCUT2D eigenvalue weighted by Gasteiger charge is -2.15. The lowest BCUT2D eigenvalue weighted by atomic mass is 10.3. The molecule has 0 radical (unpaired) electrons. The van der Waals surface area contributed by atoms with Crippen LogP contribution in [0.3, 0.4) is 0 Å². The lowest BCUT2D eigenvalue weighted by molar-refractivity contribution is 0.0941. The Kier molecular flexibility index (Phi) is 5.66. The van der Waals surface area contributed by atoms with Gasteiger partial charge in [-0.25, -0.2) is 9.97 Å². The van der Waals surface area contributed by atoms with E-state index in [1.165, 1.54) is 19.0 Å². The number of nitrogens with one attached hydrogen (secondary N) is 1.